The molecule has 5 nitrogen and oxygen atoms in total. The molecule has 2 aliphatic rings. The predicted molar refractivity (Wildman–Crippen MR) is 111 cm³/mol. The highest BCUT2D eigenvalue weighted by Crippen LogP contribution is 2.33. The maximum Gasteiger partial charge on any atom is 0.245 e. The zero-order valence-corrected chi connectivity index (χ0v) is 15.9. The molecule has 1 fully saturated rings. The Labute approximate surface area is 164 Å². The number of hydrogen-bond donors (Lipinski definition) is 1. The number of amides is 1. The summed E-state index contributed by atoms with van der Waals surface area (Å²) in [5.74, 6) is 0.489. The van der Waals surface area contributed by atoms with Crippen LogP contribution in [0.25, 0.3) is 10.9 Å². The summed E-state index contributed by atoms with van der Waals surface area (Å²) in [6.45, 7) is 7.15. The van der Waals surface area contributed by atoms with E-state index in [4.69, 9.17) is 0 Å². The zero-order valence-electron chi connectivity index (χ0n) is 15.9. The summed E-state index contributed by atoms with van der Waals surface area (Å²) in [6.07, 6.45) is 5.56. The lowest BCUT2D eigenvalue weighted by Crippen LogP contribution is -2.47. The fraction of sp³-hybridized carbons (Fsp3) is 0.304. The van der Waals surface area contributed by atoms with Crippen molar-refractivity contribution in [1.29, 1.82) is 0 Å². The van der Waals surface area contributed by atoms with E-state index in [0.717, 1.165) is 44.5 Å². The van der Waals surface area contributed by atoms with E-state index in [1.54, 1.807) is 0 Å². The highest BCUT2D eigenvalue weighted by Gasteiger charge is 2.31. The van der Waals surface area contributed by atoms with Gasteiger partial charge in [-0.15, -0.1) is 0 Å². The molecule has 0 saturated carbocycles. The third-order valence-electron chi connectivity index (χ3n) is 6.11. The molecule has 0 radical (unpaired) electrons. The maximum absolute atomic E-state index is 11.7. The molecule has 2 aliphatic heterocycles. The van der Waals surface area contributed by atoms with Gasteiger partial charge in [0, 0.05) is 43.2 Å². The standard InChI is InChI=1S/C23H24N4O/c1-2-23(28)27-14-19(15-27)17-8-9-18-13-26(10-4-5-16(18)11-17)22-7-3-6-21-20(22)12-24-25-21/h2-3,6-9,11-12,19H,1,4-5,10,13-15H2,(H,24,25). The van der Waals surface area contributed by atoms with E-state index in [9.17, 15) is 4.79 Å². The number of likely N-dealkylation sites (tertiary alicyclic amines) is 1. The van der Waals surface area contributed by atoms with Crippen molar-refractivity contribution < 1.29 is 4.79 Å². The first-order valence-corrected chi connectivity index (χ1v) is 9.93. The van der Waals surface area contributed by atoms with E-state index in [1.165, 1.54) is 33.8 Å². The van der Waals surface area contributed by atoms with Gasteiger partial charge in [0.1, 0.15) is 0 Å². The number of nitrogens with one attached hydrogen (secondary N) is 1. The molecule has 0 aliphatic carbocycles. The van der Waals surface area contributed by atoms with Crippen LogP contribution in [0.3, 0.4) is 0 Å². The minimum atomic E-state index is 0.0371. The molecule has 5 heteroatoms. The van der Waals surface area contributed by atoms with Crippen molar-refractivity contribution >= 4 is 22.5 Å². The molecular formula is C23H24N4O. The van der Waals surface area contributed by atoms with Crippen molar-refractivity contribution in [2.45, 2.75) is 25.3 Å². The fourth-order valence-electron chi connectivity index (χ4n) is 4.46. The smallest absolute Gasteiger partial charge is 0.245 e. The van der Waals surface area contributed by atoms with Gasteiger partial charge in [0.15, 0.2) is 0 Å². The van der Waals surface area contributed by atoms with Gasteiger partial charge in [0.2, 0.25) is 5.91 Å². The average Bonchev–Trinajstić information content (AvgIpc) is 3.06. The molecule has 3 heterocycles. The number of fused-ring (bicyclic) bond motifs is 2. The molecule has 0 bridgehead atoms. The number of nitrogens with zero attached hydrogens (tertiary/aromatic N) is 3. The lowest BCUT2D eigenvalue weighted by molar-refractivity contribution is -0.130. The Bertz CT molecular complexity index is 1050. The number of hydrogen-bond acceptors (Lipinski definition) is 3. The van der Waals surface area contributed by atoms with Gasteiger partial charge in [0.05, 0.1) is 11.7 Å². The van der Waals surface area contributed by atoms with Gasteiger partial charge in [-0.2, -0.15) is 5.10 Å². The third kappa shape index (κ3) is 2.87. The second kappa shape index (κ2) is 6.82. The summed E-state index contributed by atoms with van der Waals surface area (Å²) in [5, 5.41) is 8.47. The van der Waals surface area contributed by atoms with Crippen LogP contribution in [-0.4, -0.2) is 40.6 Å². The van der Waals surface area contributed by atoms with Crippen molar-refractivity contribution in [2.75, 3.05) is 24.5 Å². The largest absolute Gasteiger partial charge is 0.367 e. The monoisotopic (exact) mass is 372 g/mol. The minimum absolute atomic E-state index is 0.0371. The Morgan fingerprint density at radius 1 is 1.21 bits per heavy atom. The van der Waals surface area contributed by atoms with Crippen LogP contribution < -0.4 is 4.90 Å². The molecule has 142 valence electrons. The fourth-order valence-corrected chi connectivity index (χ4v) is 4.46. The van der Waals surface area contributed by atoms with Crippen LogP contribution in [0.1, 0.15) is 29.0 Å². The summed E-state index contributed by atoms with van der Waals surface area (Å²) in [6, 6.07) is 13.3. The normalized spacial score (nSPS) is 17.1. The van der Waals surface area contributed by atoms with Gasteiger partial charge in [-0.3, -0.25) is 9.89 Å². The summed E-state index contributed by atoms with van der Waals surface area (Å²) in [4.78, 5) is 16.0. The first-order valence-electron chi connectivity index (χ1n) is 9.93. The molecule has 5 rings (SSSR count). The van der Waals surface area contributed by atoms with Gasteiger partial charge in [0.25, 0.3) is 0 Å². The third-order valence-corrected chi connectivity index (χ3v) is 6.11. The Hall–Kier alpha value is -3.08. The second-order valence-corrected chi connectivity index (χ2v) is 7.81. The maximum atomic E-state index is 11.7. The van der Waals surface area contributed by atoms with Crippen LogP contribution in [-0.2, 0) is 17.8 Å². The minimum Gasteiger partial charge on any atom is -0.367 e. The number of benzene rings is 2. The highest BCUT2D eigenvalue weighted by molar-refractivity contribution is 5.91. The number of carbonyl (C=O) groups is 1. The molecule has 3 aromatic rings. The predicted octanol–water partition coefficient (Wildman–Crippen LogP) is 3.63. The van der Waals surface area contributed by atoms with Crippen molar-refractivity contribution in [3.05, 3.63) is 71.9 Å². The number of carbonyl (C=O) groups excluding carboxylic acids is 1. The molecule has 1 saturated heterocycles. The molecule has 1 amide bonds. The lowest BCUT2D eigenvalue weighted by Gasteiger charge is -2.39. The Morgan fingerprint density at radius 3 is 2.96 bits per heavy atom. The van der Waals surface area contributed by atoms with Crippen LogP contribution in [0, 0.1) is 0 Å². The Kier molecular flexibility index (Phi) is 4.15. The molecule has 28 heavy (non-hydrogen) atoms. The number of H-pyrrole nitrogens is 1. The molecule has 0 spiro atoms. The molecule has 0 unspecified atom stereocenters. The summed E-state index contributed by atoms with van der Waals surface area (Å²) < 4.78 is 0. The van der Waals surface area contributed by atoms with Crippen molar-refractivity contribution in [3.8, 4) is 0 Å². The van der Waals surface area contributed by atoms with Gasteiger partial charge in [-0.05, 0) is 47.7 Å². The quantitative estimate of drug-likeness (QED) is 0.715. The first-order chi connectivity index (χ1) is 13.7. The van der Waals surface area contributed by atoms with Gasteiger partial charge < -0.3 is 9.80 Å². The lowest BCUT2D eigenvalue weighted by atomic mass is 9.88. The van der Waals surface area contributed by atoms with Crippen molar-refractivity contribution in [1.82, 2.24) is 15.1 Å². The Morgan fingerprint density at radius 2 is 2.11 bits per heavy atom. The summed E-state index contributed by atoms with van der Waals surface area (Å²) in [5.41, 5.74) is 6.55. The number of anilines is 1. The van der Waals surface area contributed by atoms with E-state index < -0.39 is 0 Å². The summed E-state index contributed by atoms with van der Waals surface area (Å²) >= 11 is 0. The van der Waals surface area contributed by atoms with Crippen LogP contribution in [0.2, 0.25) is 0 Å². The average molecular weight is 372 g/mol. The van der Waals surface area contributed by atoms with Crippen molar-refractivity contribution in [2.24, 2.45) is 0 Å². The zero-order chi connectivity index (χ0) is 19.1. The second-order valence-electron chi connectivity index (χ2n) is 7.81. The van der Waals surface area contributed by atoms with Gasteiger partial charge in [-0.1, -0.05) is 30.8 Å². The molecule has 2 aromatic carbocycles. The molecule has 1 N–H and O–H groups in total. The number of aromatic amines is 1. The summed E-state index contributed by atoms with van der Waals surface area (Å²) in [7, 11) is 0. The van der Waals surface area contributed by atoms with Gasteiger partial charge >= 0.3 is 0 Å². The molecule has 1 aromatic heterocycles. The highest BCUT2D eigenvalue weighted by atomic mass is 16.2. The van der Waals surface area contributed by atoms with Crippen LogP contribution in [0.4, 0.5) is 5.69 Å². The molecule has 0 atom stereocenters. The van der Waals surface area contributed by atoms with Crippen molar-refractivity contribution in [3.63, 3.8) is 0 Å². The van der Waals surface area contributed by atoms with E-state index in [0.29, 0.717) is 5.92 Å². The van der Waals surface area contributed by atoms with Crippen LogP contribution in [0.15, 0.2) is 55.3 Å². The SMILES string of the molecule is C=CC(=O)N1CC(c2ccc3c(c2)CCCN(c2cccc4[nH]ncc24)C3)C1. The van der Waals surface area contributed by atoms with E-state index >= 15 is 0 Å². The number of aromatic nitrogens is 2. The van der Waals surface area contributed by atoms with E-state index in [-0.39, 0.29) is 5.91 Å². The van der Waals surface area contributed by atoms with Crippen LogP contribution >= 0.6 is 0 Å². The first kappa shape index (κ1) is 17.0. The topological polar surface area (TPSA) is 52.2 Å². The number of rotatable bonds is 3. The van der Waals surface area contributed by atoms with E-state index in [1.807, 2.05) is 11.1 Å². The van der Waals surface area contributed by atoms with Crippen LogP contribution in [0.5, 0.6) is 0 Å². The van der Waals surface area contributed by atoms with E-state index in [2.05, 4.69) is 58.1 Å². The number of aryl methyl sites for hydroxylation is 1. The molecular weight excluding hydrogens is 348 g/mol. The Balaban J connectivity index is 1.37. The van der Waals surface area contributed by atoms with Gasteiger partial charge in [-0.25, -0.2) is 0 Å².